The molecule has 0 rings (SSSR count). The van der Waals surface area contributed by atoms with Gasteiger partial charge in [-0.2, -0.15) is 0 Å². The van der Waals surface area contributed by atoms with Crippen molar-refractivity contribution in [1.82, 2.24) is 10.2 Å². The van der Waals surface area contributed by atoms with E-state index in [1.54, 1.807) is 14.2 Å². The maximum absolute atomic E-state index is 5.24. The van der Waals surface area contributed by atoms with Gasteiger partial charge in [-0.25, -0.2) is 0 Å². The first-order valence-electron chi connectivity index (χ1n) is 5.55. The first-order chi connectivity index (χ1) is 7.11. The Morgan fingerprint density at radius 1 is 1.20 bits per heavy atom. The minimum Gasteiger partial charge on any atom is -0.383 e. The Bertz CT molecular complexity index is 145. The molecule has 1 N–H and O–H groups in total. The molecule has 0 bridgehead atoms. The quantitative estimate of drug-likeness (QED) is 0.614. The summed E-state index contributed by atoms with van der Waals surface area (Å²) in [5.41, 5.74) is 0. The predicted molar refractivity (Wildman–Crippen MR) is 63.3 cm³/mol. The van der Waals surface area contributed by atoms with Crippen LogP contribution in [0.25, 0.3) is 0 Å². The minimum atomic E-state index is 0.259. The van der Waals surface area contributed by atoms with Crippen LogP contribution in [0.3, 0.4) is 0 Å². The Balaban J connectivity index is 3.43. The Morgan fingerprint density at radius 2 is 1.87 bits per heavy atom. The average molecular weight is 218 g/mol. The van der Waals surface area contributed by atoms with Crippen molar-refractivity contribution in [3.8, 4) is 0 Å². The Kier molecular flexibility index (Phi) is 9.00. The van der Waals surface area contributed by atoms with Crippen molar-refractivity contribution in [2.45, 2.75) is 26.0 Å². The highest BCUT2D eigenvalue weighted by Gasteiger charge is 2.09. The number of nitrogens with zero attached hydrogens (tertiary/aromatic N) is 1. The number of hydrogen-bond acceptors (Lipinski definition) is 4. The largest absolute Gasteiger partial charge is 0.383 e. The molecule has 2 atom stereocenters. The SMILES string of the molecule is COCCN(C)CCNC(C)C(C)OC. The van der Waals surface area contributed by atoms with Crippen molar-refractivity contribution < 1.29 is 9.47 Å². The maximum atomic E-state index is 5.24. The van der Waals surface area contributed by atoms with Crippen molar-refractivity contribution in [2.24, 2.45) is 0 Å². The van der Waals surface area contributed by atoms with Gasteiger partial charge >= 0.3 is 0 Å². The fourth-order valence-electron chi connectivity index (χ4n) is 1.21. The topological polar surface area (TPSA) is 33.7 Å². The van der Waals surface area contributed by atoms with Gasteiger partial charge in [0.15, 0.2) is 0 Å². The molecule has 0 aliphatic carbocycles. The van der Waals surface area contributed by atoms with Crippen LogP contribution in [0.5, 0.6) is 0 Å². The second-order valence-corrected chi connectivity index (χ2v) is 3.98. The molecule has 15 heavy (non-hydrogen) atoms. The zero-order valence-corrected chi connectivity index (χ0v) is 10.7. The second kappa shape index (κ2) is 9.09. The average Bonchev–Trinajstić information content (AvgIpc) is 2.24. The molecule has 0 aliphatic heterocycles. The number of ether oxygens (including phenoxy) is 2. The monoisotopic (exact) mass is 218 g/mol. The molecule has 0 aromatic rings. The van der Waals surface area contributed by atoms with E-state index in [0.29, 0.717) is 6.04 Å². The summed E-state index contributed by atoms with van der Waals surface area (Å²) in [6.07, 6.45) is 0.259. The number of methoxy groups -OCH3 is 2. The van der Waals surface area contributed by atoms with E-state index in [0.717, 1.165) is 26.2 Å². The molecule has 0 fully saturated rings. The molecular weight excluding hydrogens is 192 g/mol. The van der Waals surface area contributed by atoms with Crippen molar-refractivity contribution in [3.63, 3.8) is 0 Å². The Labute approximate surface area is 93.9 Å². The summed E-state index contributed by atoms with van der Waals surface area (Å²) < 4.78 is 10.3. The third-order valence-corrected chi connectivity index (χ3v) is 2.71. The zero-order chi connectivity index (χ0) is 11.7. The summed E-state index contributed by atoms with van der Waals surface area (Å²) in [7, 11) is 5.58. The van der Waals surface area contributed by atoms with Crippen molar-refractivity contribution in [1.29, 1.82) is 0 Å². The van der Waals surface area contributed by atoms with E-state index >= 15 is 0 Å². The number of hydrogen-bond donors (Lipinski definition) is 1. The second-order valence-electron chi connectivity index (χ2n) is 3.98. The van der Waals surface area contributed by atoms with Crippen LogP contribution in [0.4, 0.5) is 0 Å². The lowest BCUT2D eigenvalue weighted by molar-refractivity contribution is 0.0873. The molecule has 0 amide bonds. The molecule has 0 radical (unpaired) electrons. The molecule has 0 aliphatic rings. The molecule has 4 heteroatoms. The predicted octanol–water partition coefficient (Wildman–Crippen LogP) is 0.578. The lowest BCUT2D eigenvalue weighted by atomic mass is 10.2. The highest BCUT2D eigenvalue weighted by molar-refractivity contribution is 4.68. The third-order valence-electron chi connectivity index (χ3n) is 2.71. The van der Waals surface area contributed by atoms with E-state index in [1.807, 2.05) is 0 Å². The standard InChI is InChI=1S/C11H26N2O2/c1-10(11(2)15-5)12-6-7-13(3)8-9-14-4/h10-12H,6-9H2,1-5H3. The summed E-state index contributed by atoms with van der Waals surface area (Å²) in [4.78, 5) is 2.25. The zero-order valence-electron chi connectivity index (χ0n) is 10.7. The van der Waals surface area contributed by atoms with Gasteiger partial charge in [0, 0.05) is 39.9 Å². The van der Waals surface area contributed by atoms with Crippen LogP contribution in [0.1, 0.15) is 13.8 Å². The van der Waals surface area contributed by atoms with Crippen LogP contribution in [0, 0.1) is 0 Å². The molecule has 0 heterocycles. The van der Waals surface area contributed by atoms with Crippen molar-refractivity contribution in [3.05, 3.63) is 0 Å². The van der Waals surface area contributed by atoms with Gasteiger partial charge in [0.1, 0.15) is 0 Å². The van der Waals surface area contributed by atoms with Crippen LogP contribution < -0.4 is 5.32 Å². The van der Waals surface area contributed by atoms with E-state index in [1.165, 1.54) is 0 Å². The lowest BCUT2D eigenvalue weighted by Gasteiger charge is -2.22. The molecule has 2 unspecified atom stereocenters. The third kappa shape index (κ3) is 7.73. The molecule has 0 spiro atoms. The summed E-state index contributed by atoms with van der Waals surface area (Å²) in [5.74, 6) is 0. The van der Waals surface area contributed by atoms with Gasteiger partial charge in [-0.05, 0) is 20.9 Å². The molecule has 0 aromatic heterocycles. The molecule has 0 saturated carbocycles. The van der Waals surface area contributed by atoms with Gasteiger partial charge in [-0.1, -0.05) is 0 Å². The maximum Gasteiger partial charge on any atom is 0.0693 e. The van der Waals surface area contributed by atoms with Crippen LogP contribution in [0.15, 0.2) is 0 Å². The van der Waals surface area contributed by atoms with E-state index < -0.39 is 0 Å². The Morgan fingerprint density at radius 3 is 2.40 bits per heavy atom. The van der Waals surface area contributed by atoms with E-state index in [-0.39, 0.29) is 6.10 Å². The highest BCUT2D eigenvalue weighted by Crippen LogP contribution is 1.95. The van der Waals surface area contributed by atoms with Crippen LogP contribution in [-0.2, 0) is 9.47 Å². The number of rotatable bonds is 9. The van der Waals surface area contributed by atoms with Gasteiger partial charge < -0.3 is 19.7 Å². The van der Waals surface area contributed by atoms with Gasteiger partial charge in [0.25, 0.3) is 0 Å². The van der Waals surface area contributed by atoms with Crippen molar-refractivity contribution >= 4 is 0 Å². The molecular formula is C11H26N2O2. The van der Waals surface area contributed by atoms with Gasteiger partial charge in [0.05, 0.1) is 12.7 Å². The van der Waals surface area contributed by atoms with E-state index in [2.05, 4.69) is 31.1 Å². The first-order valence-corrected chi connectivity index (χ1v) is 5.55. The van der Waals surface area contributed by atoms with Gasteiger partial charge in [0.2, 0.25) is 0 Å². The smallest absolute Gasteiger partial charge is 0.0693 e. The molecule has 0 saturated heterocycles. The number of likely N-dealkylation sites (N-methyl/N-ethyl adjacent to an activating group) is 1. The summed E-state index contributed by atoms with van der Waals surface area (Å²) >= 11 is 0. The van der Waals surface area contributed by atoms with Crippen molar-refractivity contribution in [2.75, 3.05) is 47.5 Å². The normalized spacial score (nSPS) is 15.6. The van der Waals surface area contributed by atoms with Crippen LogP contribution in [0.2, 0.25) is 0 Å². The highest BCUT2D eigenvalue weighted by atomic mass is 16.5. The summed E-state index contributed by atoms with van der Waals surface area (Å²) in [5, 5.41) is 3.43. The first kappa shape index (κ1) is 14.8. The molecule has 0 aromatic carbocycles. The fraction of sp³-hybridized carbons (Fsp3) is 1.00. The number of nitrogens with one attached hydrogen (secondary N) is 1. The molecule has 92 valence electrons. The summed E-state index contributed by atoms with van der Waals surface area (Å²) in [6, 6.07) is 0.394. The minimum absolute atomic E-state index is 0.259. The van der Waals surface area contributed by atoms with Gasteiger partial charge in [-0.3, -0.25) is 0 Å². The van der Waals surface area contributed by atoms with Crippen LogP contribution in [-0.4, -0.2) is 64.6 Å². The fourth-order valence-corrected chi connectivity index (χ4v) is 1.21. The lowest BCUT2D eigenvalue weighted by Crippen LogP contribution is -2.41. The Hall–Kier alpha value is -0.160. The van der Waals surface area contributed by atoms with Crippen LogP contribution >= 0.6 is 0 Å². The van der Waals surface area contributed by atoms with E-state index in [4.69, 9.17) is 9.47 Å². The van der Waals surface area contributed by atoms with Gasteiger partial charge in [-0.15, -0.1) is 0 Å². The van der Waals surface area contributed by atoms with E-state index in [9.17, 15) is 0 Å². The molecule has 4 nitrogen and oxygen atoms in total. The summed E-state index contributed by atoms with van der Waals surface area (Å²) in [6.45, 7) is 8.00.